The monoisotopic (exact) mass is 266 g/mol. The molecular weight excluding hydrogens is 244 g/mol. The molecule has 18 heavy (non-hydrogen) atoms. The molecule has 0 saturated carbocycles. The molecule has 1 saturated heterocycles. The van der Waals surface area contributed by atoms with Crippen LogP contribution in [0, 0.1) is 5.41 Å². The maximum atomic E-state index is 6.00. The minimum Gasteiger partial charge on any atom is -0.356 e. The average Bonchev–Trinajstić information content (AvgIpc) is 2.47. The van der Waals surface area contributed by atoms with Gasteiger partial charge < -0.3 is 4.90 Å². The van der Waals surface area contributed by atoms with Crippen molar-refractivity contribution in [3.63, 3.8) is 0 Å². The number of rotatable bonds is 4. The predicted octanol–water partition coefficient (Wildman–Crippen LogP) is 4.23. The Morgan fingerprint density at radius 1 is 1.28 bits per heavy atom. The van der Waals surface area contributed by atoms with E-state index in [0.29, 0.717) is 11.3 Å². The summed E-state index contributed by atoms with van der Waals surface area (Å²) in [6.45, 7) is 6.87. The molecule has 1 fully saturated rings. The summed E-state index contributed by atoms with van der Waals surface area (Å²) in [5.74, 6) is 1.64. The second-order valence-electron chi connectivity index (χ2n) is 5.31. The molecule has 1 aromatic rings. The quantitative estimate of drug-likeness (QED) is 0.759. The lowest BCUT2D eigenvalue weighted by Gasteiger charge is -2.41. The molecule has 0 atom stereocenters. The van der Waals surface area contributed by atoms with Crippen LogP contribution in [0.4, 0.5) is 5.82 Å². The van der Waals surface area contributed by atoms with Gasteiger partial charge in [0.1, 0.15) is 5.82 Å². The molecule has 100 valence electrons. The van der Waals surface area contributed by atoms with Crippen molar-refractivity contribution in [2.24, 2.45) is 5.41 Å². The summed E-state index contributed by atoms with van der Waals surface area (Å²) in [5, 5.41) is 0. The Kier molecular flexibility index (Phi) is 4.50. The molecule has 0 unspecified atom stereocenters. The van der Waals surface area contributed by atoms with Gasteiger partial charge in [0, 0.05) is 24.8 Å². The third-order valence-electron chi connectivity index (χ3n) is 4.64. The molecule has 0 bridgehead atoms. The van der Waals surface area contributed by atoms with Gasteiger partial charge in [-0.3, -0.25) is 0 Å². The van der Waals surface area contributed by atoms with Crippen molar-refractivity contribution in [1.29, 1.82) is 0 Å². The van der Waals surface area contributed by atoms with E-state index in [1.165, 1.54) is 25.7 Å². The van der Waals surface area contributed by atoms with Gasteiger partial charge in [0.2, 0.25) is 0 Å². The molecule has 2 heterocycles. The Labute approximate surface area is 115 Å². The second-order valence-corrected chi connectivity index (χ2v) is 5.58. The van der Waals surface area contributed by atoms with E-state index >= 15 is 0 Å². The molecule has 1 aliphatic rings. The third kappa shape index (κ3) is 2.64. The minimum atomic E-state index is 0.548. The van der Waals surface area contributed by atoms with Crippen LogP contribution in [0.1, 0.15) is 45.1 Å². The van der Waals surface area contributed by atoms with Gasteiger partial charge in [-0.25, -0.2) is 4.98 Å². The summed E-state index contributed by atoms with van der Waals surface area (Å²) in [4.78, 5) is 6.92. The van der Waals surface area contributed by atoms with Crippen molar-refractivity contribution in [1.82, 2.24) is 4.98 Å². The van der Waals surface area contributed by atoms with Crippen LogP contribution in [0.25, 0.3) is 0 Å². The van der Waals surface area contributed by atoms with Crippen molar-refractivity contribution in [2.45, 2.75) is 45.4 Å². The van der Waals surface area contributed by atoms with E-state index in [2.05, 4.69) is 29.8 Å². The summed E-state index contributed by atoms with van der Waals surface area (Å²) in [6.07, 6.45) is 7.01. The van der Waals surface area contributed by atoms with Crippen molar-refractivity contribution in [3.8, 4) is 0 Å². The van der Waals surface area contributed by atoms with Gasteiger partial charge in [-0.05, 0) is 24.3 Å². The van der Waals surface area contributed by atoms with Crippen LogP contribution >= 0.6 is 11.6 Å². The topological polar surface area (TPSA) is 16.1 Å². The minimum absolute atomic E-state index is 0.548. The number of pyridine rings is 1. The molecule has 2 nitrogen and oxygen atoms in total. The van der Waals surface area contributed by atoms with Crippen LogP contribution in [0.5, 0.6) is 0 Å². The summed E-state index contributed by atoms with van der Waals surface area (Å²) < 4.78 is 0. The van der Waals surface area contributed by atoms with Gasteiger partial charge in [0.15, 0.2) is 0 Å². The van der Waals surface area contributed by atoms with Gasteiger partial charge >= 0.3 is 0 Å². The van der Waals surface area contributed by atoms with Gasteiger partial charge in [-0.1, -0.05) is 32.8 Å². The fourth-order valence-electron chi connectivity index (χ4n) is 2.97. The normalized spacial score (nSPS) is 18.9. The van der Waals surface area contributed by atoms with E-state index in [-0.39, 0.29) is 0 Å². The zero-order valence-electron chi connectivity index (χ0n) is 11.5. The molecule has 0 aliphatic carbocycles. The predicted molar refractivity (Wildman–Crippen MR) is 78.3 cm³/mol. The van der Waals surface area contributed by atoms with Crippen LogP contribution < -0.4 is 4.90 Å². The second kappa shape index (κ2) is 5.92. The van der Waals surface area contributed by atoms with Gasteiger partial charge in [-0.15, -0.1) is 11.6 Å². The number of anilines is 1. The molecule has 1 aromatic heterocycles. The van der Waals surface area contributed by atoms with E-state index in [1.54, 1.807) is 0 Å². The fourth-order valence-corrected chi connectivity index (χ4v) is 3.18. The van der Waals surface area contributed by atoms with Crippen molar-refractivity contribution >= 4 is 17.4 Å². The van der Waals surface area contributed by atoms with Crippen molar-refractivity contribution in [2.75, 3.05) is 18.0 Å². The Morgan fingerprint density at radius 2 is 1.94 bits per heavy atom. The highest BCUT2D eigenvalue weighted by Gasteiger charge is 2.31. The lowest BCUT2D eigenvalue weighted by Crippen LogP contribution is -2.40. The summed E-state index contributed by atoms with van der Waals surface area (Å²) in [5.41, 5.74) is 1.71. The van der Waals surface area contributed by atoms with E-state index in [0.717, 1.165) is 24.5 Å². The van der Waals surface area contributed by atoms with Gasteiger partial charge in [-0.2, -0.15) is 0 Å². The van der Waals surface area contributed by atoms with Crippen LogP contribution in [0.3, 0.4) is 0 Å². The Morgan fingerprint density at radius 3 is 2.50 bits per heavy atom. The standard InChI is InChI=1S/C15H23ClN2/c1-3-15(4-2)7-10-18(11-8-15)14-13(12-16)6-5-9-17-14/h5-6,9H,3-4,7-8,10-12H2,1-2H3. The third-order valence-corrected chi connectivity index (χ3v) is 4.92. The van der Waals surface area contributed by atoms with Gasteiger partial charge in [0.05, 0.1) is 5.88 Å². The van der Waals surface area contributed by atoms with Gasteiger partial charge in [0.25, 0.3) is 0 Å². The average molecular weight is 267 g/mol. The van der Waals surface area contributed by atoms with Crippen LogP contribution in [-0.2, 0) is 5.88 Å². The van der Waals surface area contributed by atoms with E-state index < -0.39 is 0 Å². The number of hydrogen-bond acceptors (Lipinski definition) is 2. The molecule has 1 aliphatic heterocycles. The van der Waals surface area contributed by atoms with Crippen molar-refractivity contribution in [3.05, 3.63) is 23.9 Å². The highest BCUT2D eigenvalue weighted by molar-refractivity contribution is 6.17. The first-order chi connectivity index (χ1) is 8.74. The lowest BCUT2D eigenvalue weighted by molar-refractivity contribution is 0.199. The molecule has 0 radical (unpaired) electrons. The number of hydrogen-bond donors (Lipinski definition) is 0. The Balaban J connectivity index is 2.10. The maximum Gasteiger partial charge on any atom is 0.132 e. The summed E-state index contributed by atoms with van der Waals surface area (Å²) in [7, 11) is 0. The number of halogens is 1. The summed E-state index contributed by atoms with van der Waals surface area (Å²) >= 11 is 6.00. The fraction of sp³-hybridized carbons (Fsp3) is 0.667. The van der Waals surface area contributed by atoms with Crippen LogP contribution in [0.2, 0.25) is 0 Å². The molecular formula is C15H23ClN2. The van der Waals surface area contributed by atoms with Crippen molar-refractivity contribution < 1.29 is 0 Å². The molecule has 0 amide bonds. The summed E-state index contributed by atoms with van der Waals surface area (Å²) in [6, 6.07) is 4.05. The van der Waals surface area contributed by atoms with Crippen LogP contribution in [-0.4, -0.2) is 18.1 Å². The first-order valence-electron chi connectivity index (χ1n) is 6.99. The van der Waals surface area contributed by atoms with E-state index in [1.807, 2.05) is 12.3 Å². The number of nitrogens with zero attached hydrogens (tertiary/aromatic N) is 2. The number of alkyl halides is 1. The first-order valence-corrected chi connectivity index (χ1v) is 7.53. The Hall–Kier alpha value is -0.760. The SMILES string of the molecule is CCC1(CC)CCN(c2ncccc2CCl)CC1. The highest BCUT2D eigenvalue weighted by atomic mass is 35.5. The molecule has 2 rings (SSSR count). The van der Waals surface area contributed by atoms with E-state index in [4.69, 9.17) is 11.6 Å². The first kappa shape index (κ1) is 13.7. The van der Waals surface area contributed by atoms with E-state index in [9.17, 15) is 0 Å². The zero-order valence-corrected chi connectivity index (χ0v) is 12.2. The number of piperidine rings is 1. The maximum absolute atomic E-state index is 6.00. The molecule has 0 spiro atoms. The zero-order chi connectivity index (χ0) is 13.0. The lowest BCUT2D eigenvalue weighted by atomic mass is 9.74. The smallest absolute Gasteiger partial charge is 0.132 e. The van der Waals surface area contributed by atoms with Crippen LogP contribution in [0.15, 0.2) is 18.3 Å². The molecule has 0 aromatic carbocycles. The largest absolute Gasteiger partial charge is 0.356 e. The molecule has 0 N–H and O–H groups in total. The Bertz CT molecular complexity index is 378. The highest BCUT2D eigenvalue weighted by Crippen LogP contribution is 2.39. The number of aromatic nitrogens is 1. The molecule has 3 heteroatoms.